The van der Waals surface area contributed by atoms with Gasteiger partial charge in [0.2, 0.25) is 5.95 Å². The molecular weight excluding hydrogens is 520 g/mol. The number of rotatable bonds is 6. The molecule has 38 heavy (non-hydrogen) atoms. The summed E-state index contributed by atoms with van der Waals surface area (Å²) in [6.07, 6.45) is -7.93. The Morgan fingerprint density at radius 3 is 2.26 bits per heavy atom. The van der Waals surface area contributed by atoms with Gasteiger partial charge in [0.1, 0.15) is 5.75 Å². The Morgan fingerprint density at radius 1 is 1.03 bits per heavy atom. The molecule has 0 radical (unpaired) electrons. The number of ether oxygens (including phenoxy) is 1. The third kappa shape index (κ3) is 5.10. The van der Waals surface area contributed by atoms with E-state index in [0.717, 1.165) is 12.8 Å². The zero-order valence-electron chi connectivity index (χ0n) is 20.6. The summed E-state index contributed by atoms with van der Waals surface area (Å²) >= 11 is 0. The van der Waals surface area contributed by atoms with Gasteiger partial charge in [-0.05, 0) is 63.6 Å². The molecule has 15 heteroatoms. The van der Waals surface area contributed by atoms with Gasteiger partial charge in [-0.3, -0.25) is 0 Å². The first-order valence-corrected chi connectivity index (χ1v) is 12.0. The molecule has 1 aliphatic carbocycles. The average molecular weight is 545 g/mol. The summed E-state index contributed by atoms with van der Waals surface area (Å²) in [5.74, 6) is 0.0425. The summed E-state index contributed by atoms with van der Waals surface area (Å²) in [4.78, 5) is 10.6. The van der Waals surface area contributed by atoms with E-state index in [1.54, 1.807) is 20.8 Å². The van der Waals surface area contributed by atoms with Gasteiger partial charge in [0.25, 0.3) is 0 Å². The largest absolute Gasteiger partial charge is 0.424 e. The van der Waals surface area contributed by atoms with Crippen LogP contribution in [-0.2, 0) is 12.4 Å². The number of halogens is 6. The van der Waals surface area contributed by atoms with Gasteiger partial charge < -0.3 is 19.5 Å². The number of benzene rings is 1. The van der Waals surface area contributed by atoms with Gasteiger partial charge in [0.15, 0.2) is 5.82 Å². The van der Waals surface area contributed by atoms with Crippen molar-refractivity contribution in [3.63, 3.8) is 0 Å². The van der Waals surface area contributed by atoms with Gasteiger partial charge in [-0.2, -0.15) is 36.3 Å². The van der Waals surface area contributed by atoms with Crippen LogP contribution >= 0.6 is 0 Å². The highest BCUT2D eigenvalue weighted by Crippen LogP contribution is 2.43. The highest BCUT2D eigenvalue weighted by molar-refractivity contribution is 5.43. The smallest absolute Gasteiger partial charge is 0.419 e. The molecule has 2 bridgehead atoms. The van der Waals surface area contributed by atoms with Gasteiger partial charge in [0, 0.05) is 19.1 Å². The van der Waals surface area contributed by atoms with Crippen molar-refractivity contribution in [3.05, 3.63) is 35.2 Å². The molecule has 1 N–H and O–H groups in total. The number of hydrogen-bond acceptors (Lipinski definition) is 8. The normalized spacial score (nSPS) is 21.8. The van der Waals surface area contributed by atoms with E-state index in [4.69, 9.17) is 9.26 Å². The Bertz CT molecular complexity index is 1290. The van der Waals surface area contributed by atoms with Crippen molar-refractivity contribution in [1.82, 2.24) is 24.9 Å². The number of nitrogens with zero attached hydrogens (tertiary/aromatic N) is 6. The first-order valence-electron chi connectivity index (χ1n) is 12.0. The Balaban J connectivity index is 1.39. The topological polar surface area (TPSA) is 94.1 Å². The Morgan fingerprint density at radius 2 is 1.71 bits per heavy atom. The van der Waals surface area contributed by atoms with Crippen LogP contribution in [0.15, 0.2) is 22.7 Å². The Kier molecular flexibility index (Phi) is 6.42. The van der Waals surface area contributed by atoms with Crippen molar-refractivity contribution in [1.29, 1.82) is 0 Å². The zero-order chi connectivity index (χ0) is 27.4. The van der Waals surface area contributed by atoms with Crippen LogP contribution in [0, 0.1) is 18.8 Å². The van der Waals surface area contributed by atoms with Crippen LogP contribution in [0.4, 0.5) is 38.3 Å². The number of aromatic nitrogens is 5. The van der Waals surface area contributed by atoms with Crippen LogP contribution in [0.3, 0.4) is 0 Å². The van der Waals surface area contributed by atoms with Crippen molar-refractivity contribution in [3.8, 4) is 11.8 Å². The SMILES string of the molecule is Cc1noc(N2C[C@H]3CC[C@@H](C2)C3Nc2nc(Oc3cc(C(F)(F)F)ccc3C(F)(F)F)n(C(C)C)n2)n1. The molecule has 3 heterocycles. The first kappa shape index (κ1) is 26.1. The van der Waals surface area contributed by atoms with Crippen molar-refractivity contribution >= 4 is 12.0 Å². The fourth-order valence-corrected chi connectivity index (χ4v) is 5.07. The third-order valence-corrected chi connectivity index (χ3v) is 6.82. The van der Waals surface area contributed by atoms with Gasteiger partial charge in [-0.15, -0.1) is 5.10 Å². The van der Waals surface area contributed by atoms with Crippen molar-refractivity contribution < 1.29 is 35.6 Å². The standard InChI is InChI=1S/C23H25F6N7O2/c1-11(2)36-21(37-17-8-15(22(24,25)26)6-7-16(17)23(27,28)29)32-19(33-36)31-18-13-4-5-14(18)10-35(9-13)20-30-12(3)34-38-20/h6-8,11,13-14,18H,4-5,9-10H2,1-3H3,(H,31,33)/t13-,14+,18?. The molecule has 5 rings (SSSR count). The maximum Gasteiger partial charge on any atom is 0.419 e. The summed E-state index contributed by atoms with van der Waals surface area (Å²) < 4.78 is 92.3. The van der Waals surface area contributed by atoms with E-state index >= 15 is 0 Å². The van der Waals surface area contributed by atoms with E-state index in [-0.39, 0.29) is 29.8 Å². The molecule has 2 fully saturated rings. The predicted octanol–water partition coefficient (Wildman–Crippen LogP) is 5.71. The number of alkyl halides is 6. The van der Waals surface area contributed by atoms with Crippen molar-refractivity contribution in [2.45, 2.75) is 58.0 Å². The van der Waals surface area contributed by atoms with Crippen LogP contribution in [0.2, 0.25) is 0 Å². The van der Waals surface area contributed by atoms with Crippen molar-refractivity contribution in [2.75, 3.05) is 23.3 Å². The van der Waals surface area contributed by atoms with E-state index in [0.29, 0.717) is 43.1 Å². The molecule has 1 unspecified atom stereocenters. The molecule has 9 nitrogen and oxygen atoms in total. The second-order valence-electron chi connectivity index (χ2n) is 9.86. The van der Waals surface area contributed by atoms with Crippen LogP contribution in [0.25, 0.3) is 0 Å². The molecule has 206 valence electrons. The molecule has 0 spiro atoms. The van der Waals surface area contributed by atoms with Crippen LogP contribution in [-0.4, -0.2) is 44.0 Å². The lowest BCUT2D eigenvalue weighted by molar-refractivity contribution is -0.142. The minimum atomic E-state index is -4.94. The van der Waals surface area contributed by atoms with Gasteiger partial charge in [-0.25, -0.2) is 4.68 Å². The van der Waals surface area contributed by atoms with Gasteiger partial charge in [0.05, 0.1) is 17.2 Å². The lowest BCUT2D eigenvalue weighted by atomic mass is 9.92. The maximum atomic E-state index is 13.6. The quantitative estimate of drug-likeness (QED) is 0.394. The fourth-order valence-electron chi connectivity index (χ4n) is 5.07. The second kappa shape index (κ2) is 9.34. The summed E-state index contributed by atoms with van der Waals surface area (Å²) in [5, 5.41) is 11.5. The van der Waals surface area contributed by atoms with E-state index in [1.165, 1.54) is 4.68 Å². The van der Waals surface area contributed by atoms with Gasteiger partial charge >= 0.3 is 24.4 Å². The summed E-state index contributed by atoms with van der Waals surface area (Å²) in [6, 6.07) is 0.732. The Hall–Kier alpha value is -3.52. The monoisotopic (exact) mass is 545 g/mol. The van der Waals surface area contributed by atoms with Gasteiger partial charge in [-0.1, -0.05) is 5.16 Å². The summed E-state index contributed by atoms with van der Waals surface area (Å²) in [7, 11) is 0. The zero-order valence-corrected chi connectivity index (χ0v) is 20.6. The maximum absolute atomic E-state index is 13.6. The van der Waals surface area contributed by atoms with Crippen LogP contribution in [0.5, 0.6) is 11.8 Å². The first-order chi connectivity index (χ1) is 17.8. The van der Waals surface area contributed by atoms with Crippen LogP contribution < -0.4 is 15.0 Å². The minimum Gasteiger partial charge on any atom is -0.424 e. The predicted molar refractivity (Wildman–Crippen MR) is 122 cm³/mol. The molecule has 1 aliphatic heterocycles. The lowest BCUT2D eigenvalue weighted by Crippen LogP contribution is -2.48. The minimum absolute atomic E-state index is 0.0228. The average Bonchev–Trinajstić information content (AvgIpc) is 3.48. The van der Waals surface area contributed by atoms with E-state index < -0.39 is 35.3 Å². The molecule has 1 saturated heterocycles. The van der Waals surface area contributed by atoms with Crippen LogP contribution in [0.1, 0.15) is 49.7 Å². The number of aryl methyl sites for hydroxylation is 1. The summed E-state index contributed by atoms with van der Waals surface area (Å²) in [5.41, 5.74) is -2.62. The van der Waals surface area contributed by atoms with E-state index in [9.17, 15) is 26.3 Å². The number of fused-ring (bicyclic) bond motifs is 2. The number of piperidine rings is 1. The Labute approximate surface area is 213 Å². The molecular formula is C23H25F6N7O2. The van der Waals surface area contributed by atoms with E-state index in [1.807, 2.05) is 4.90 Å². The number of nitrogens with one attached hydrogen (secondary N) is 1. The molecule has 1 saturated carbocycles. The molecule has 2 aliphatic rings. The summed E-state index contributed by atoms with van der Waals surface area (Å²) in [6.45, 7) is 6.46. The number of anilines is 2. The van der Waals surface area contributed by atoms with Crippen molar-refractivity contribution in [2.24, 2.45) is 11.8 Å². The third-order valence-electron chi connectivity index (χ3n) is 6.82. The highest BCUT2D eigenvalue weighted by atomic mass is 19.4. The fraction of sp³-hybridized carbons (Fsp3) is 0.565. The van der Waals surface area contributed by atoms with E-state index in [2.05, 4.69) is 25.5 Å². The highest BCUT2D eigenvalue weighted by Gasteiger charge is 2.44. The second-order valence-corrected chi connectivity index (χ2v) is 9.86. The lowest BCUT2D eigenvalue weighted by Gasteiger charge is -2.37. The molecule has 0 amide bonds. The molecule has 2 aromatic heterocycles. The molecule has 3 aromatic rings. The molecule has 1 aromatic carbocycles. The number of hydrogen-bond donors (Lipinski definition) is 1. The molecule has 3 atom stereocenters.